The summed E-state index contributed by atoms with van der Waals surface area (Å²) in [7, 11) is 0. The molecule has 0 radical (unpaired) electrons. The smallest absolute Gasteiger partial charge is 0.133 e. The van der Waals surface area contributed by atoms with Crippen LogP contribution in [0.2, 0.25) is 0 Å². The lowest BCUT2D eigenvalue weighted by Crippen LogP contribution is -2.63. The van der Waals surface area contributed by atoms with Crippen molar-refractivity contribution in [1.29, 1.82) is 0 Å². The maximum absolute atomic E-state index is 12.2. The second kappa shape index (κ2) is 5.77. The van der Waals surface area contributed by atoms with Crippen molar-refractivity contribution in [3.05, 3.63) is 0 Å². The molecular weight excluding hydrogens is 316 g/mol. The van der Waals surface area contributed by atoms with E-state index in [0.717, 1.165) is 38.5 Å². The van der Waals surface area contributed by atoms with Crippen LogP contribution in [0.4, 0.5) is 0 Å². The van der Waals surface area contributed by atoms with Crippen LogP contribution < -0.4 is 0 Å². The number of carbonyl (C=O) groups is 1. The van der Waals surface area contributed by atoms with Crippen molar-refractivity contribution in [3.63, 3.8) is 0 Å². The number of ketones is 1. The summed E-state index contributed by atoms with van der Waals surface area (Å²) in [6.07, 6.45) is 4.66. The number of aliphatic hydroxyl groups excluding tert-OH is 3. The standard InChI is InChI=1S/C21H34O4/c1-11(22)14-4-5-15-18-16(24)9-12-8-13(23)6-7-20(12,2)19(18)17(25)10-21(14,15)3/h12-19,23-25H,4-10H2,1-3H3/t12-,13+,14-,15+,16-,17-,18-,19+,20+,21-/m1/s1. The van der Waals surface area contributed by atoms with Crippen molar-refractivity contribution < 1.29 is 20.1 Å². The topological polar surface area (TPSA) is 77.8 Å². The molecule has 0 aromatic carbocycles. The largest absolute Gasteiger partial charge is 0.393 e. The summed E-state index contributed by atoms with van der Waals surface area (Å²) < 4.78 is 0. The van der Waals surface area contributed by atoms with Gasteiger partial charge in [-0.15, -0.1) is 0 Å². The molecule has 0 spiro atoms. The van der Waals surface area contributed by atoms with E-state index >= 15 is 0 Å². The molecule has 4 saturated carbocycles. The van der Waals surface area contributed by atoms with Crippen molar-refractivity contribution in [2.24, 2.45) is 40.4 Å². The van der Waals surface area contributed by atoms with Gasteiger partial charge in [-0.3, -0.25) is 4.79 Å². The van der Waals surface area contributed by atoms with Crippen molar-refractivity contribution in [2.75, 3.05) is 0 Å². The quantitative estimate of drug-likeness (QED) is 0.679. The number of hydrogen-bond acceptors (Lipinski definition) is 4. The van der Waals surface area contributed by atoms with Gasteiger partial charge in [-0.25, -0.2) is 0 Å². The first-order chi connectivity index (χ1) is 11.7. The van der Waals surface area contributed by atoms with Gasteiger partial charge in [0.2, 0.25) is 0 Å². The molecular formula is C21H34O4. The van der Waals surface area contributed by atoms with Crippen LogP contribution in [0.5, 0.6) is 0 Å². The van der Waals surface area contributed by atoms with E-state index in [1.165, 1.54) is 0 Å². The number of fused-ring (bicyclic) bond motifs is 5. The number of rotatable bonds is 1. The normalized spacial score (nSPS) is 58.2. The third-order valence-electron chi connectivity index (χ3n) is 9.08. The Bertz CT molecular complexity index is 562. The molecule has 0 bridgehead atoms. The number of hydrogen-bond donors (Lipinski definition) is 3. The monoisotopic (exact) mass is 350 g/mol. The Hall–Kier alpha value is -0.450. The lowest BCUT2D eigenvalue weighted by Gasteiger charge is -2.63. The highest BCUT2D eigenvalue weighted by molar-refractivity contribution is 5.79. The Morgan fingerprint density at radius 3 is 2.36 bits per heavy atom. The van der Waals surface area contributed by atoms with Crippen LogP contribution in [-0.2, 0) is 4.79 Å². The minimum atomic E-state index is -0.455. The van der Waals surface area contributed by atoms with Crippen LogP contribution in [0, 0.1) is 40.4 Å². The second-order valence-electron chi connectivity index (χ2n) is 10.2. The zero-order valence-electron chi connectivity index (χ0n) is 15.8. The Morgan fingerprint density at radius 1 is 0.960 bits per heavy atom. The predicted octanol–water partition coefficient (Wildman–Crippen LogP) is 2.54. The van der Waals surface area contributed by atoms with Crippen LogP contribution in [0.3, 0.4) is 0 Å². The third-order valence-corrected chi connectivity index (χ3v) is 9.08. The van der Waals surface area contributed by atoms with Gasteiger partial charge in [0.1, 0.15) is 5.78 Å². The number of carbonyl (C=O) groups excluding carboxylic acids is 1. The van der Waals surface area contributed by atoms with Gasteiger partial charge >= 0.3 is 0 Å². The lowest BCUT2D eigenvalue weighted by atomic mass is 9.43. The molecule has 4 rings (SSSR count). The Kier molecular flexibility index (Phi) is 4.14. The fourth-order valence-electron chi connectivity index (χ4n) is 7.98. The fourth-order valence-corrected chi connectivity index (χ4v) is 7.98. The van der Waals surface area contributed by atoms with E-state index in [2.05, 4.69) is 13.8 Å². The maximum atomic E-state index is 12.2. The van der Waals surface area contributed by atoms with Crippen molar-refractivity contribution >= 4 is 5.78 Å². The van der Waals surface area contributed by atoms with Gasteiger partial charge in [-0.05, 0) is 86.4 Å². The Morgan fingerprint density at radius 2 is 1.68 bits per heavy atom. The second-order valence-corrected chi connectivity index (χ2v) is 10.2. The summed E-state index contributed by atoms with van der Waals surface area (Å²) >= 11 is 0. The van der Waals surface area contributed by atoms with Gasteiger partial charge in [0.15, 0.2) is 0 Å². The molecule has 4 nitrogen and oxygen atoms in total. The van der Waals surface area contributed by atoms with Gasteiger partial charge in [-0.1, -0.05) is 13.8 Å². The molecule has 0 amide bonds. The van der Waals surface area contributed by atoms with Gasteiger partial charge in [-0.2, -0.15) is 0 Å². The highest BCUT2D eigenvalue weighted by Crippen LogP contribution is 2.67. The molecule has 0 aromatic rings. The minimum Gasteiger partial charge on any atom is -0.393 e. The van der Waals surface area contributed by atoms with Gasteiger partial charge in [0.05, 0.1) is 18.3 Å². The van der Waals surface area contributed by atoms with E-state index in [-0.39, 0.29) is 46.4 Å². The molecule has 4 aliphatic carbocycles. The molecule has 10 atom stereocenters. The van der Waals surface area contributed by atoms with E-state index in [0.29, 0.717) is 12.3 Å². The highest BCUT2D eigenvalue weighted by atomic mass is 16.3. The molecule has 4 fully saturated rings. The summed E-state index contributed by atoms with van der Waals surface area (Å²) in [5, 5.41) is 32.4. The SMILES string of the molecule is CC(=O)[C@H]1CC[C@H]2[C@H]3[C@H]([C@H](O)C[C@]12C)[C@@]1(C)CC[C@H](O)C[C@@H]1C[C@H]3O. The van der Waals surface area contributed by atoms with Crippen molar-refractivity contribution in [3.8, 4) is 0 Å². The van der Waals surface area contributed by atoms with Crippen molar-refractivity contribution in [1.82, 2.24) is 0 Å². The summed E-state index contributed by atoms with van der Waals surface area (Å²) in [6, 6.07) is 0. The maximum Gasteiger partial charge on any atom is 0.133 e. The molecule has 0 aromatic heterocycles. The number of aliphatic hydroxyl groups is 3. The van der Waals surface area contributed by atoms with Crippen LogP contribution in [0.1, 0.15) is 65.7 Å². The first kappa shape index (κ1) is 17.9. The molecule has 0 saturated heterocycles. The van der Waals surface area contributed by atoms with Gasteiger partial charge < -0.3 is 15.3 Å². The lowest BCUT2D eigenvalue weighted by molar-refractivity contribution is -0.211. The number of Topliss-reactive ketones (excluding diaryl/α,β-unsaturated/α-hetero) is 1. The Balaban J connectivity index is 1.72. The molecule has 4 heteroatoms. The zero-order valence-corrected chi connectivity index (χ0v) is 15.8. The van der Waals surface area contributed by atoms with Crippen LogP contribution in [0.15, 0.2) is 0 Å². The van der Waals surface area contributed by atoms with E-state index in [1.54, 1.807) is 6.92 Å². The molecule has 0 aliphatic heterocycles. The molecule has 0 heterocycles. The summed E-state index contributed by atoms with van der Waals surface area (Å²) in [5.41, 5.74) is -0.178. The summed E-state index contributed by atoms with van der Waals surface area (Å²) in [4.78, 5) is 12.2. The Labute approximate surface area is 151 Å². The first-order valence-corrected chi connectivity index (χ1v) is 10.2. The average Bonchev–Trinajstić information content (AvgIpc) is 2.85. The van der Waals surface area contributed by atoms with E-state index in [4.69, 9.17) is 0 Å². The summed E-state index contributed by atoms with van der Waals surface area (Å²) in [6.45, 7) is 6.16. The predicted molar refractivity (Wildman–Crippen MR) is 94.7 cm³/mol. The summed E-state index contributed by atoms with van der Waals surface area (Å²) in [5.74, 6) is 1.07. The van der Waals surface area contributed by atoms with Crippen molar-refractivity contribution in [2.45, 2.75) is 84.0 Å². The molecule has 142 valence electrons. The van der Waals surface area contributed by atoms with Crippen LogP contribution in [0.25, 0.3) is 0 Å². The van der Waals surface area contributed by atoms with E-state index < -0.39 is 12.2 Å². The average molecular weight is 350 g/mol. The molecule has 25 heavy (non-hydrogen) atoms. The minimum absolute atomic E-state index is 0.00180. The van der Waals surface area contributed by atoms with Crippen LogP contribution >= 0.6 is 0 Å². The molecule has 3 N–H and O–H groups in total. The fraction of sp³-hybridized carbons (Fsp3) is 0.952. The van der Waals surface area contributed by atoms with Crippen LogP contribution in [-0.4, -0.2) is 39.4 Å². The van der Waals surface area contributed by atoms with Gasteiger partial charge in [0, 0.05) is 5.92 Å². The molecule has 0 unspecified atom stereocenters. The molecule has 4 aliphatic rings. The zero-order chi connectivity index (χ0) is 18.1. The first-order valence-electron chi connectivity index (χ1n) is 10.2. The highest BCUT2D eigenvalue weighted by Gasteiger charge is 2.65. The third kappa shape index (κ3) is 2.40. The van der Waals surface area contributed by atoms with Gasteiger partial charge in [0.25, 0.3) is 0 Å². The van der Waals surface area contributed by atoms with E-state index in [1.807, 2.05) is 0 Å². The van der Waals surface area contributed by atoms with E-state index in [9.17, 15) is 20.1 Å².